The van der Waals surface area contributed by atoms with Crippen molar-refractivity contribution in [2.24, 2.45) is 5.92 Å². The normalized spacial score (nSPS) is 18.1. The van der Waals surface area contributed by atoms with Gasteiger partial charge in [0.25, 0.3) is 5.91 Å². The van der Waals surface area contributed by atoms with Crippen molar-refractivity contribution in [2.75, 3.05) is 26.2 Å². The molecule has 2 fully saturated rings. The molecule has 0 unspecified atom stereocenters. The minimum atomic E-state index is -0.156. The van der Waals surface area contributed by atoms with E-state index in [4.69, 9.17) is 27.9 Å². The van der Waals surface area contributed by atoms with Crippen LogP contribution in [0.15, 0.2) is 18.2 Å². The van der Waals surface area contributed by atoms with Crippen LogP contribution in [-0.4, -0.2) is 53.8 Å². The van der Waals surface area contributed by atoms with Gasteiger partial charge in [0.2, 0.25) is 11.8 Å². The van der Waals surface area contributed by atoms with E-state index in [1.54, 1.807) is 23.1 Å². The van der Waals surface area contributed by atoms with Crippen LogP contribution in [0.4, 0.5) is 0 Å². The highest BCUT2D eigenvalue weighted by atomic mass is 35.5. The molecule has 2 saturated heterocycles. The molecule has 128 valence electrons. The number of halogens is 2. The molecule has 3 amide bonds. The Hall–Kier alpha value is -1.79. The Labute approximate surface area is 149 Å². The van der Waals surface area contributed by atoms with Gasteiger partial charge < -0.3 is 9.64 Å². The molecule has 1 aromatic carbocycles. The summed E-state index contributed by atoms with van der Waals surface area (Å²) in [6.07, 6.45) is 0.591. The van der Waals surface area contributed by atoms with Crippen molar-refractivity contribution in [1.29, 1.82) is 0 Å². The standard InChI is InChI=1S/C16H16Cl2N2O4/c17-11-1-2-13(12(18)5-11)24-9-16(23)19-6-10(7-19)8-20-14(21)3-4-15(20)22/h1-2,5,10H,3-4,6-9H2. The second-order valence-electron chi connectivity index (χ2n) is 5.93. The van der Waals surface area contributed by atoms with Crippen molar-refractivity contribution in [3.8, 4) is 5.75 Å². The van der Waals surface area contributed by atoms with Gasteiger partial charge in [0.1, 0.15) is 5.75 Å². The predicted octanol–water partition coefficient (Wildman–Crippen LogP) is 1.98. The molecule has 1 aromatic rings. The second kappa shape index (κ2) is 6.99. The van der Waals surface area contributed by atoms with Crippen molar-refractivity contribution in [3.05, 3.63) is 28.2 Å². The van der Waals surface area contributed by atoms with E-state index in [0.29, 0.717) is 48.3 Å². The summed E-state index contributed by atoms with van der Waals surface area (Å²) in [6, 6.07) is 4.80. The first kappa shape index (κ1) is 17.0. The first-order valence-corrected chi connectivity index (χ1v) is 8.38. The summed E-state index contributed by atoms with van der Waals surface area (Å²) in [5.74, 6) is 0.145. The van der Waals surface area contributed by atoms with Crippen LogP contribution >= 0.6 is 23.2 Å². The van der Waals surface area contributed by atoms with Gasteiger partial charge >= 0.3 is 0 Å². The summed E-state index contributed by atoms with van der Waals surface area (Å²) in [7, 11) is 0. The van der Waals surface area contributed by atoms with Crippen LogP contribution in [0.5, 0.6) is 5.75 Å². The maximum Gasteiger partial charge on any atom is 0.260 e. The molecular formula is C16H16Cl2N2O4. The molecule has 2 aliphatic rings. The number of likely N-dealkylation sites (tertiary alicyclic amines) is 2. The summed E-state index contributed by atoms with van der Waals surface area (Å²) in [5, 5.41) is 0.845. The Bertz CT molecular complexity index is 673. The average molecular weight is 371 g/mol. The molecule has 0 aromatic heterocycles. The smallest absolute Gasteiger partial charge is 0.260 e. The number of ether oxygens (including phenoxy) is 1. The van der Waals surface area contributed by atoms with E-state index in [9.17, 15) is 14.4 Å². The molecule has 6 nitrogen and oxygen atoms in total. The second-order valence-corrected chi connectivity index (χ2v) is 6.77. The van der Waals surface area contributed by atoms with Gasteiger partial charge in [-0.3, -0.25) is 19.3 Å². The molecule has 0 saturated carbocycles. The quantitative estimate of drug-likeness (QED) is 0.743. The Morgan fingerprint density at radius 2 is 1.83 bits per heavy atom. The maximum absolute atomic E-state index is 12.1. The van der Waals surface area contributed by atoms with Crippen LogP contribution in [0.3, 0.4) is 0 Å². The molecule has 2 heterocycles. The number of rotatable bonds is 5. The van der Waals surface area contributed by atoms with Gasteiger partial charge in [0.15, 0.2) is 6.61 Å². The molecule has 0 atom stereocenters. The fourth-order valence-corrected chi connectivity index (χ4v) is 3.26. The molecule has 2 aliphatic heterocycles. The van der Waals surface area contributed by atoms with Crippen molar-refractivity contribution < 1.29 is 19.1 Å². The summed E-state index contributed by atoms with van der Waals surface area (Å²) < 4.78 is 5.41. The summed E-state index contributed by atoms with van der Waals surface area (Å²) in [6.45, 7) is 1.32. The summed E-state index contributed by atoms with van der Waals surface area (Å²) in [5.41, 5.74) is 0. The molecular weight excluding hydrogens is 355 g/mol. The van der Waals surface area contributed by atoms with Crippen LogP contribution in [0.2, 0.25) is 10.0 Å². The first-order chi connectivity index (χ1) is 11.4. The third-order valence-electron chi connectivity index (χ3n) is 4.15. The zero-order valence-electron chi connectivity index (χ0n) is 12.8. The highest BCUT2D eigenvalue weighted by molar-refractivity contribution is 6.35. The molecule has 8 heteroatoms. The predicted molar refractivity (Wildman–Crippen MR) is 88.0 cm³/mol. The Kier molecular flexibility index (Phi) is 4.96. The molecule has 0 radical (unpaired) electrons. The lowest BCUT2D eigenvalue weighted by Gasteiger charge is -2.40. The highest BCUT2D eigenvalue weighted by Crippen LogP contribution is 2.28. The number of hydrogen-bond donors (Lipinski definition) is 0. The van der Waals surface area contributed by atoms with E-state index in [1.165, 1.54) is 4.90 Å². The van der Waals surface area contributed by atoms with Gasteiger partial charge in [-0.05, 0) is 18.2 Å². The topological polar surface area (TPSA) is 66.9 Å². The number of carbonyl (C=O) groups excluding carboxylic acids is 3. The van der Waals surface area contributed by atoms with Crippen LogP contribution in [0.1, 0.15) is 12.8 Å². The minimum absolute atomic E-state index is 0.115. The van der Waals surface area contributed by atoms with Gasteiger partial charge in [-0.15, -0.1) is 0 Å². The zero-order chi connectivity index (χ0) is 17.3. The number of imide groups is 1. The number of amides is 3. The highest BCUT2D eigenvalue weighted by Gasteiger charge is 2.37. The monoisotopic (exact) mass is 370 g/mol. The average Bonchev–Trinajstić information content (AvgIpc) is 2.80. The third kappa shape index (κ3) is 3.65. The lowest BCUT2D eigenvalue weighted by atomic mass is 9.99. The lowest BCUT2D eigenvalue weighted by molar-refractivity contribution is -0.143. The fraction of sp³-hybridized carbons (Fsp3) is 0.438. The lowest BCUT2D eigenvalue weighted by Crippen LogP contribution is -2.55. The Morgan fingerprint density at radius 1 is 1.17 bits per heavy atom. The van der Waals surface area contributed by atoms with Gasteiger partial charge in [-0.25, -0.2) is 0 Å². The van der Waals surface area contributed by atoms with E-state index >= 15 is 0 Å². The first-order valence-electron chi connectivity index (χ1n) is 7.63. The molecule has 24 heavy (non-hydrogen) atoms. The van der Waals surface area contributed by atoms with Crippen molar-refractivity contribution >= 4 is 40.9 Å². The van der Waals surface area contributed by atoms with Gasteiger partial charge in [0, 0.05) is 43.4 Å². The van der Waals surface area contributed by atoms with E-state index in [-0.39, 0.29) is 30.2 Å². The summed E-state index contributed by atoms with van der Waals surface area (Å²) >= 11 is 11.8. The Balaban J connectivity index is 1.43. The van der Waals surface area contributed by atoms with Crippen LogP contribution < -0.4 is 4.74 Å². The van der Waals surface area contributed by atoms with Crippen LogP contribution in [0.25, 0.3) is 0 Å². The van der Waals surface area contributed by atoms with Gasteiger partial charge in [-0.2, -0.15) is 0 Å². The van der Waals surface area contributed by atoms with E-state index in [2.05, 4.69) is 0 Å². The zero-order valence-corrected chi connectivity index (χ0v) is 14.3. The molecule has 0 bridgehead atoms. The SMILES string of the molecule is O=C(COc1ccc(Cl)cc1Cl)N1CC(CN2C(=O)CCC2=O)C1. The summed E-state index contributed by atoms with van der Waals surface area (Å²) in [4.78, 5) is 38.2. The number of nitrogens with zero attached hydrogens (tertiary/aromatic N) is 2. The maximum atomic E-state index is 12.1. The number of carbonyl (C=O) groups is 3. The van der Waals surface area contributed by atoms with E-state index in [1.807, 2.05) is 0 Å². The van der Waals surface area contributed by atoms with Crippen LogP contribution in [-0.2, 0) is 14.4 Å². The number of benzene rings is 1. The van der Waals surface area contributed by atoms with Crippen molar-refractivity contribution in [1.82, 2.24) is 9.80 Å². The molecule has 0 aliphatic carbocycles. The van der Waals surface area contributed by atoms with Crippen molar-refractivity contribution in [2.45, 2.75) is 12.8 Å². The fourth-order valence-electron chi connectivity index (χ4n) is 2.80. The van der Waals surface area contributed by atoms with Gasteiger partial charge in [0.05, 0.1) is 5.02 Å². The Morgan fingerprint density at radius 3 is 2.46 bits per heavy atom. The van der Waals surface area contributed by atoms with Gasteiger partial charge in [-0.1, -0.05) is 23.2 Å². The van der Waals surface area contributed by atoms with E-state index < -0.39 is 0 Å². The molecule has 0 spiro atoms. The van der Waals surface area contributed by atoms with Crippen LogP contribution in [0, 0.1) is 5.92 Å². The molecule has 3 rings (SSSR count). The van der Waals surface area contributed by atoms with E-state index in [0.717, 1.165) is 0 Å². The largest absolute Gasteiger partial charge is 0.482 e. The molecule has 0 N–H and O–H groups in total. The minimum Gasteiger partial charge on any atom is -0.482 e. The third-order valence-corrected chi connectivity index (χ3v) is 4.68. The van der Waals surface area contributed by atoms with Crippen molar-refractivity contribution in [3.63, 3.8) is 0 Å². The number of hydrogen-bond acceptors (Lipinski definition) is 4.